The summed E-state index contributed by atoms with van der Waals surface area (Å²) in [5.74, 6) is 0.262. The van der Waals surface area contributed by atoms with Crippen LogP contribution in [0.4, 0.5) is 5.95 Å². The zero-order valence-corrected chi connectivity index (χ0v) is 20.6. The lowest BCUT2D eigenvalue weighted by Gasteiger charge is -2.23. The van der Waals surface area contributed by atoms with Crippen molar-refractivity contribution in [3.8, 4) is 23.0 Å². The van der Waals surface area contributed by atoms with Crippen molar-refractivity contribution in [3.63, 3.8) is 0 Å². The summed E-state index contributed by atoms with van der Waals surface area (Å²) < 4.78 is 21.9. The third-order valence-electron chi connectivity index (χ3n) is 6.57. The van der Waals surface area contributed by atoms with Crippen LogP contribution in [-0.4, -0.2) is 54.2 Å². The topological polar surface area (TPSA) is 123 Å². The fourth-order valence-electron chi connectivity index (χ4n) is 4.74. The molecule has 1 unspecified atom stereocenters. The lowest BCUT2D eigenvalue weighted by molar-refractivity contribution is -0.132. The van der Waals surface area contributed by atoms with Gasteiger partial charge in [0.25, 0.3) is 5.78 Å². The molecule has 1 saturated heterocycles. The highest BCUT2D eigenvalue weighted by molar-refractivity contribution is 6.51. The summed E-state index contributed by atoms with van der Waals surface area (Å²) in [4.78, 5) is 35.9. The number of ether oxygens (including phenoxy) is 4. The second-order valence-electron chi connectivity index (χ2n) is 8.75. The minimum absolute atomic E-state index is 0.0852. The molecule has 0 saturated carbocycles. The number of benzene rings is 3. The molecule has 1 amide bonds. The predicted molar refractivity (Wildman–Crippen MR) is 138 cm³/mol. The molecule has 0 spiro atoms. The van der Waals surface area contributed by atoms with E-state index >= 15 is 0 Å². The summed E-state index contributed by atoms with van der Waals surface area (Å²) in [6.07, 6.45) is 0. The monoisotopic (exact) mass is 513 g/mol. The Labute approximate surface area is 217 Å². The van der Waals surface area contributed by atoms with Crippen LogP contribution in [0.5, 0.6) is 23.0 Å². The summed E-state index contributed by atoms with van der Waals surface area (Å²) in [5, 5.41) is 11.4. The van der Waals surface area contributed by atoms with E-state index in [1.165, 1.54) is 12.0 Å². The van der Waals surface area contributed by atoms with Gasteiger partial charge in [0, 0.05) is 11.6 Å². The summed E-state index contributed by atoms with van der Waals surface area (Å²) in [6.45, 7) is 0.783. The first-order valence-corrected chi connectivity index (χ1v) is 11.9. The average molecular weight is 514 g/mol. The second kappa shape index (κ2) is 9.15. The van der Waals surface area contributed by atoms with E-state index in [2.05, 4.69) is 9.97 Å². The van der Waals surface area contributed by atoms with Crippen molar-refractivity contribution in [2.75, 3.05) is 32.3 Å². The number of nitrogens with zero attached hydrogens (tertiary/aromatic N) is 2. The molecule has 6 rings (SSSR count). The standard InChI is InChI=1S/C28H23N3O7/c1-35-17-5-3-4-15(12-17)24-23(25(32)16-6-9-21-22(13-16)38-11-10-37-21)26(33)27(34)31(24)28-29-19-8-7-18(36-2)14-20(19)30-28/h3-9,12-14,24,32H,10-11H2,1-2H3,(H,29,30)/b25-23+. The van der Waals surface area contributed by atoms with Crippen LogP contribution < -0.4 is 23.8 Å². The Morgan fingerprint density at radius 1 is 0.974 bits per heavy atom. The van der Waals surface area contributed by atoms with E-state index in [0.29, 0.717) is 58.4 Å². The molecule has 2 aliphatic heterocycles. The van der Waals surface area contributed by atoms with Crippen molar-refractivity contribution < 1.29 is 33.6 Å². The number of aromatic nitrogens is 2. The van der Waals surface area contributed by atoms with Gasteiger partial charge < -0.3 is 29.0 Å². The van der Waals surface area contributed by atoms with E-state index in [4.69, 9.17) is 18.9 Å². The SMILES string of the molecule is COc1cccc(C2/C(=C(\O)c3ccc4c(c3)OCCO4)C(=O)C(=O)N2c2nc3ccc(OC)cc3[nH]2)c1. The number of methoxy groups -OCH3 is 2. The lowest BCUT2D eigenvalue weighted by atomic mass is 9.95. The average Bonchev–Trinajstić information content (AvgIpc) is 3.49. The highest BCUT2D eigenvalue weighted by Crippen LogP contribution is 2.43. The molecule has 3 aromatic carbocycles. The Morgan fingerprint density at radius 3 is 2.53 bits per heavy atom. The molecule has 3 heterocycles. The number of aromatic amines is 1. The van der Waals surface area contributed by atoms with E-state index in [1.54, 1.807) is 67.8 Å². The van der Waals surface area contributed by atoms with Crippen LogP contribution in [0.25, 0.3) is 16.8 Å². The molecular weight excluding hydrogens is 490 g/mol. The summed E-state index contributed by atoms with van der Waals surface area (Å²) in [5.41, 5.74) is 1.99. The van der Waals surface area contributed by atoms with E-state index in [0.717, 1.165) is 0 Å². The minimum atomic E-state index is -0.985. The number of hydrogen-bond donors (Lipinski definition) is 2. The number of amides is 1. The van der Waals surface area contributed by atoms with Gasteiger partial charge in [-0.1, -0.05) is 12.1 Å². The van der Waals surface area contributed by atoms with Crippen LogP contribution in [0.2, 0.25) is 0 Å². The summed E-state index contributed by atoms with van der Waals surface area (Å²) in [6, 6.07) is 16.1. The Morgan fingerprint density at radius 2 is 1.74 bits per heavy atom. The highest BCUT2D eigenvalue weighted by atomic mass is 16.6. The van der Waals surface area contributed by atoms with Crippen molar-refractivity contribution in [1.29, 1.82) is 0 Å². The molecule has 38 heavy (non-hydrogen) atoms. The number of H-pyrrole nitrogens is 1. The molecule has 0 radical (unpaired) electrons. The number of nitrogens with one attached hydrogen (secondary N) is 1. The Hall–Kier alpha value is -4.99. The molecule has 192 valence electrons. The fraction of sp³-hybridized carbons (Fsp3) is 0.179. The van der Waals surface area contributed by atoms with E-state index < -0.39 is 17.7 Å². The third-order valence-corrected chi connectivity index (χ3v) is 6.57. The molecule has 1 fully saturated rings. The van der Waals surface area contributed by atoms with Crippen LogP contribution in [-0.2, 0) is 9.59 Å². The van der Waals surface area contributed by atoms with Gasteiger partial charge in [0.15, 0.2) is 11.5 Å². The van der Waals surface area contributed by atoms with E-state index in [-0.39, 0.29) is 17.3 Å². The number of imidazole rings is 1. The largest absolute Gasteiger partial charge is 0.507 e. The number of carbonyl (C=O) groups excluding carboxylic acids is 2. The van der Waals surface area contributed by atoms with Crippen molar-refractivity contribution in [3.05, 3.63) is 77.4 Å². The molecular formula is C28H23N3O7. The number of ketones is 1. The summed E-state index contributed by atoms with van der Waals surface area (Å²) >= 11 is 0. The number of Topliss-reactive ketones (excluding diaryl/α,β-unsaturated/α-hetero) is 1. The summed E-state index contributed by atoms with van der Waals surface area (Å²) in [7, 11) is 3.08. The Balaban J connectivity index is 1.54. The van der Waals surface area contributed by atoms with E-state index in [9.17, 15) is 14.7 Å². The maximum absolute atomic E-state index is 13.5. The molecule has 0 bridgehead atoms. The zero-order chi connectivity index (χ0) is 26.4. The number of anilines is 1. The minimum Gasteiger partial charge on any atom is -0.507 e. The second-order valence-corrected chi connectivity index (χ2v) is 8.75. The first-order chi connectivity index (χ1) is 18.5. The molecule has 1 aromatic heterocycles. The molecule has 10 heteroatoms. The molecule has 10 nitrogen and oxygen atoms in total. The number of rotatable bonds is 5. The van der Waals surface area contributed by atoms with Crippen LogP contribution >= 0.6 is 0 Å². The van der Waals surface area contributed by atoms with Crippen molar-refractivity contribution in [2.45, 2.75) is 6.04 Å². The predicted octanol–water partition coefficient (Wildman–Crippen LogP) is 3.98. The van der Waals surface area contributed by atoms with Gasteiger partial charge in [0.05, 0.1) is 36.9 Å². The Bertz CT molecular complexity index is 1620. The molecule has 2 N–H and O–H groups in total. The van der Waals surface area contributed by atoms with Crippen LogP contribution in [0.3, 0.4) is 0 Å². The van der Waals surface area contributed by atoms with Gasteiger partial charge in [-0.3, -0.25) is 14.5 Å². The quantitative estimate of drug-likeness (QED) is 0.233. The maximum atomic E-state index is 13.5. The van der Waals surface area contributed by atoms with Gasteiger partial charge >= 0.3 is 5.91 Å². The van der Waals surface area contributed by atoms with Gasteiger partial charge in [-0.2, -0.15) is 0 Å². The van der Waals surface area contributed by atoms with Crippen LogP contribution in [0.1, 0.15) is 17.2 Å². The van der Waals surface area contributed by atoms with E-state index in [1.807, 2.05) is 0 Å². The number of fused-ring (bicyclic) bond motifs is 2. The number of aliphatic hydroxyl groups is 1. The highest BCUT2D eigenvalue weighted by Gasteiger charge is 2.48. The first-order valence-electron chi connectivity index (χ1n) is 11.9. The molecule has 4 aromatic rings. The van der Waals surface area contributed by atoms with Gasteiger partial charge in [-0.05, 0) is 48.0 Å². The van der Waals surface area contributed by atoms with Gasteiger partial charge in [0.1, 0.15) is 30.5 Å². The van der Waals surface area contributed by atoms with Crippen LogP contribution in [0.15, 0.2) is 66.2 Å². The van der Waals surface area contributed by atoms with Crippen LogP contribution in [0, 0.1) is 0 Å². The van der Waals surface area contributed by atoms with Crippen molar-refractivity contribution in [2.24, 2.45) is 0 Å². The van der Waals surface area contributed by atoms with Gasteiger partial charge in [-0.25, -0.2) is 4.98 Å². The molecule has 0 aliphatic carbocycles. The van der Waals surface area contributed by atoms with Gasteiger partial charge in [0.2, 0.25) is 5.95 Å². The normalized spacial score (nSPS) is 18.2. The molecule has 1 atom stereocenters. The third kappa shape index (κ3) is 3.78. The number of aliphatic hydroxyl groups excluding tert-OH is 1. The smallest absolute Gasteiger partial charge is 0.302 e. The zero-order valence-electron chi connectivity index (χ0n) is 20.6. The van der Waals surface area contributed by atoms with Crippen molar-refractivity contribution >= 4 is 34.4 Å². The first kappa shape index (κ1) is 23.4. The van der Waals surface area contributed by atoms with Crippen molar-refractivity contribution in [1.82, 2.24) is 9.97 Å². The van der Waals surface area contributed by atoms with Gasteiger partial charge in [-0.15, -0.1) is 0 Å². The number of carbonyl (C=O) groups is 2. The Kier molecular flexibility index (Phi) is 5.64. The lowest BCUT2D eigenvalue weighted by Crippen LogP contribution is -2.30. The number of hydrogen-bond acceptors (Lipinski definition) is 8. The molecule has 2 aliphatic rings. The fourth-order valence-corrected chi connectivity index (χ4v) is 4.74. The maximum Gasteiger partial charge on any atom is 0.302 e.